The number of hydrogen-bond acceptors (Lipinski definition) is 3. The Morgan fingerprint density at radius 3 is 2.81 bits per heavy atom. The van der Waals surface area contributed by atoms with Crippen molar-refractivity contribution in [1.82, 2.24) is 9.38 Å². The van der Waals surface area contributed by atoms with E-state index in [9.17, 15) is 4.79 Å². The summed E-state index contributed by atoms with van der Waals surface area (Å²) in [6, 6.07) is 18.3. The van der Waals surface area contributed by atoms with Crippen LogP contribution in [0.3, 0.4) is 0 Å². The van der Waals surface area contributed by atoms with E-state index in [1.165, 1.54) is 7.11 Å². The van der Waals surface area contributed by atoms with Crippen molar-refractivity contribution in [1.29, 1.82) is 0 Å². The van der Waals surface area contributed by atoms with E-state index in [0.29, 0.717) is 22.0 Å². The number of methoxy groups -OCH3 is 1. The van der Waals surface area contributed by atoms with Crippen LogP contribution >= 0.6 is 11.6 Å². The van der Waals surface area contributed by atoms with E-state index < -0.39 is 0 Å². The van der Waals surface area contributed by atoms with Gasteiger partial charge in [-0.05, 0) is 42.5 Å². The summed E-state index contributed by atoms with van der Waals surface area (Å²) in [5, 5.41) is 3.36. The summed E-state index contributed by atoms with van der Waals surface area (Å²) in [5.41, 5.74) is 3.65. The van der Waals surface area contributed by atoms with Crippen molar-refractivity contribution in [2.75, 3.05) is 12.4 Å². The van der Waals surface area contributed by atoms with Crippen LogP contribution in [0.25, 0.3) is 16.9 Å². The number of nitrogens with one attached hydrogen (secondary N) is 1. The maximum absolute atomic E-state index is 12.7. The lowest BCUT2D eigenvalue weighted by Gasteiger charge is -2.10. The number of carbonyl (C=O) groups is 1. The van der Waals surface area contributed by atoms with Crippen LogP contribution in [0.4, 0.5) is 5.69 Å². The molecule has 2 aromatic carbocycles. The predicted molar refractivity (Wildman–Crippen MR) is 107 cm³/mol. The fourth-order valence-electron chi connectivity index (χ4n) is 2.89. The molecule has 1 N–H and O–H groups in total. The molecule has 5 nitrogen and oxygen atoms in total. The summed E-state index contributed by atoms with van der Waals surface area (Å²) in [6.45, 7) is 0. The monoisotopic (exact) mass is 377 g/mol. The molecule has 0 atom stereocenters. The molecule has 2 heterocycles. The highest BCUT2D eigenvalue weighted by Crippen LogP contribution is 2.26. The summed E-state index contributed by atoms with van der Waals surface area (Å²) in [6.07, 6.45) is 3.90. The average Bonchev–Trinajstić information content (AvgIpc) is 3.12. The van der Waals surface area contributed by atoms with Crippen LogP contribution < -0.4 is 10.1 Å². The Hall–Kier alpha value is -3.31. The van der Waals surface area contributed by atoms with E-state index in [1.54, 1.807) is 18.2 Å². The Morgan fingerprint density at radius 1 is 1.11 bits per heavy atom. The molecule has 0 bridgehead atoms. The van der Waals surface area contributed by atoms with E-state index in [0.717, 1.165) is 16.9 Å². The zero-order chi connectivity index (χ0) is 18.8. The molecule has 6 heteroatoms. The molecule has 27 heavy (non-hydrogen) atoms. The number of hydrogen-bond donors (Lipinski definition) is 1. The summed E-state index contributed by atoms with van der Waals surface area (Å²) < 4.78 is 7.21. The summed E-state index contributed by atoms with van der Waals surface area (Å²) in [5.74, 6) is 0.176. The van der Waals surface area contributed by atoms with Gasteiger partial charge in [0.05, 0.1) is 18.4 Å². The first kappa shape index (κ1) is 17.1. The van der Waals surface area contributed by atoms with Gasteiger partial charge in [0.2, 0.25) is 0 Å². The quantitative estimate of drug-likeness (QED) is 0.549. The summed E-state index contributed by atoms with van der Waals surface area (Å²) in [4.78, 5) is 17.3. The number of amides is 1. The van der Waals surface area contributed by atoms with Crippen molar-refractivity contribution in [3.63, 3.8) is 0 Å². The molecule has 0 spiro atoms. The minimum Gasteiger partial charge on any atom is -0.496 e. The second-order valence-corrected chi connectivity index (χ2v) is 6.41. The molecule has 134 valence electrons. The zero-order valence-electron chi connectivity index (χ0n) is 14.5. The van der Waals surface area contributed by atoms with Crippen molar-refractivity contribution in [2.45, 2.75) is 0 Å². The maximum Gasteiger partial charge on any atom is 0.259 e. The number of benzene rings is 2. The highest BCUT2D eigenvalue weighted by molar-refractivity contribution is 6.31. The highest BCUT2D eigenvalue weighted by atomic mass is 35.5. The molecule has 0 aliphatic rings. The molecule has 0 aliphatic carbocycles. The van der Waals surface area contributed by atoms with Gasteiger partial charge in [-0.25, -0.2) is 4.98 Å². The lowest BCUT2D eigenvalue weighted by Crippen LogP contribution is -2.13. The Balaban J connectivity index is 1.63. The first-order valence-electron chi connectivity index (χ1n) is 8.33. The maximum atomic E-state index is 12.7. The van der Waals surface area contributed by atoms with Gasteiger partial charge in [0, 0.05) is 28.7 Å². The van der Waals surface area contributed by atoms with E-state index in [1.807, 2.05) is 59.3 Å². The van der Waals surface area contributed by atoms with Gasteiger partial charge in [0.15, 0.2) is 0 Å². The molecule has 0 aliphatic heterocycles. The van der Waals surface area contributed by atoms with E-state index in [4.69, 9.17) is 16.3 Å². The van der Waals surface area contributed by atoms with E-state index in [2.05, 4.69) is 10.3 Å². The van der Waals surface area contributed by atoms with E-state index >= 15 is 0 Å². The molecule has 4 rings (SSSR count). The molecule has 0 unspecified atom stereocenters. The van der Waals surface area contributed by atoms with Crippen molar-refractivity contribution < 1.29 is 9.53 Å². The third kappa shape index (κ3) is 3.50. The van der Waals surface area contributed by atoms with Gasteiger partial charge in [0.1, 0.15) is 11.4 Å². The van der Waals surface area contributed by atoms with Gasteiger partial charge in [-0.1, -0.05) is 29.8 Å². The molecule has 0 fully saturated rings. The minimum absolute atomic E-state index is 0.290. The molecular formula is C21H16ClN3O2. The first-order chi connectivity index (χ1) is 13.1. The largest absolute Gasteiger partial charge is 0.496 e. The molecule has 4 aromatic rings. The predicted octanol–water partition coefficient (Wildman–Crippen LogP) is 4.92. The number of rotatable bonds is 4. The number of pyridine rings is 1. The van der Waals surface area contributed by atoms with Gasteiger partial charge >= 0.3 is 0 Å². The van der Waals surface area contributed by atoms with Crippen LogP contribution in [0.15, 0.2) is 73.1 Å². The zero-order valence-corrected chi connectivity index (χ0v) is 15.3. The Kier molecular flexibility index (Phi) is 4.52. The van der Waals surface area contributed by atoms with Crippen molar-refractivity contribution >= 4 is 28.8 Å². The fraction of sp³-hybridized carbons (Fsp3) is 0.0476. The topological polar surface area (TPSA) is 55.6 Å². The molecule has 0 radical (unpaired) electrons. The Labute approximate surface area is 161 Å². The molecule has 2 aromatic heterocycles. The lowest BCUT2D eigenvalue weighted by molar-refractivity contribution is 0.102. The van der Waals surface area contributed by atoms with E-state index in [-0.39, 0.29) is 5.91 Å². The van der Waals surface area contributed by atoms with Gasteiger partial charge in [-0.3, -0.25) is 4.79 Å². The van der Waals surface area contributed by atoms with Crippen LogP contribution in [0.5, 0.6) is 5.75 Å². The smallest absolute Gasteiger partial charge is 0.259 e. The minimum atomic E-state index is -0.290. The second-order valence-electron chi connectivity index (χ2n) is 5.97. The van der Waals surface area contributed by atoms with Crippen LogP contribution in [0, 0.1) is 0 Å². The van der Waals surface area contributed by atoms with Gasteiger partial charge < -0.3 is 14.5 Å². The van der Waals surface area contributed by atoms with Crippen LogP contribution in [0.2, 0.25) is 5.02 Å². The third-order valence-corrected chi connectivity index (χ3v) is 4.42. The third-order valence-electron chi connectivity index (χ3n) is 4.19. The molecule has 1 amide bonds. The standard InChI is InChI=1S/C21H16ClN3O2/c1-27-19-9-8-15(22)12-17(19)21(26)23-16-6-4-5-14(11-16)18-13-25-10-3-2-7-20(25)24-18/h2-13H,1H3,(H,23,26). The molecular weight excluding hydrogens is 362 g/mol. The number of halogens is 1. The Morgan fingerprint density at radius 2 is 2.00 bits per heavy atom. The highest BCUT2D eigenvalue weighted by Gasteiger charge is 2.14. The molecule has 0 saturated carbocycles. The number of aromatic nitrogens is 2. The lowest BCUT2D eigenvalue weighted by atomic mass is 10.1. The van der Waals surface area contributed by atoms with Crippen molar-refractivity contribution in [3.8, 4) is 17.0 Å². The summed E-state index contributed by atoms with van der Waals surface area (Å²) >= 11 is 6.02. The number of nitrogens with zero attached hydrogens (tertiary/aromatic N) is 2. The SMILES string of the molecule is COc1ccc(Cl)cc1C(=O)Nc1cccc(-c2cn3ccccc3n2)c1. The normalized spacial score (nSPS) is 10.7. The number of carbonyl (C=O) groups excluding carboxylic acids is 1. The Bertz CT molecular complexity index is 1100. The van der Waals surface area contributed by atoms with Crippen molar-refractivity contribution in [2.24, 2.45) is 0 Å². The number of ether oxygens (including phenoxy) is 1. The number of imidazole rings is 1. The molecule has 0 saturated heterocycles. The summed E-state index contributed by atoms with van der Waals surface area (Å²) in [7, 11) is 1.52. The second kappa shape index (κ2) is 7.13. The van der Waals surface area contributed by atoms with Crippen molar-refractivity contribution in [3.05, 3.63) is 83.6 Å². The van der Waals surface area contributed by atoms with Gasteiger partial charge in [-0.2, -0.15) is 0 Å². The average molecular weight is 378 g/mol. The van der Waals surface area contributed by atoms with Crippen LogP contribution in [0.1, 0.15) is 10.4 Å². The van der Waals surface area contributed by atoms with Gasteiger partial charge in [0.25, 0.3) is 5.91 Å². The fourth-order valence-corrected chi connectivity index (χ4v) is 3.06. The first-order valence-corrected chi connectivity index (χ1v) is 8.71. The van der Waals surface area contributed by atoms with Gasteiger partial charge in [-0.15, -0.1) is 0 Å². The number of anilines is 1. The van der Waals surface area contributed by atoms with Crippen LogP contribution in [-0.4, -0.2) is 22.4 Å². The van der Waals surface area contributed by atoms with Crippen LogP contribution in [-0.2, 0) is 0 Å². The number of fused-ring (bicyclic) bond motifs is 1.